The number of ether oxygens (including phenoxy) is 1. The largest absolute Gasteiger partial charge is 0.490 e. The zero-order valence-corrected chi connectivity index (χ0v) is 10.9. The molecule has 0 unspecified atom stereocenters. The van der Waals surface area contributed by atoms with Gasteiger partial charge in [-0.1, -0.05) is 12.1 Å². The minimum Gasteiger partial charge on any atom is -0.490 e. The number of aromatic amines is 1. The molecule has 96 valence electrons. The monoisotopic (exact) mass is 253 g/mol. The van der Waals surface area contributed by atoms with Crippen molar-refractivity contribution in [2.24, 2.45) is 0 Å². The maximum atomic E-state index is 5.82. The molecule has 4 heteroatoms. The second kappa shape index (κ2) is 4.72. The van der Waals surface area contributed by atoms with E-state index in [-0.39, 0.29) is 6.10 Å². The van der Waals surface area contributed by atoms with E-state index in [0.29, 0.717) is 0 Å². The van der Waals surface area contributed by atoms with Gasteiger partial charge in [-0.2, -0.15) is 0 Å². The van der Waals surface area contributed by atoms with Gasteiger partial charge >= 0.3 is 0 Å². The normalized spacial score (nSPS) is 11.1. The van der Waals surface area contributed by atoms with E-state index in [1.807, 2.05) is 44.2 Å². The molecule has 0 aliphatic heterocycles. The Labute approximate surface area is 111 Å². The van der Waals surface area contributed by atoms with Gasteiger partial charge in [-0.3, -0.25) is 4.98 Å². The van der Waals surface area contributed by atoms with Crippen LogP contribution in [0.3, 0.4) is 0 Å². The van der Waals surface area contributed by atoms with Gasteiger partial charge in [0.15, 0.2) is 0 Å². The molecule has 0 atom stereocenters. The third kappa shape index (κ3) is 2.29. The van der Waals surface area contributed by atoms with Gasteiger partial charge in [0.1, 0.15) is 17.1 Å². The van der Waals surface area contributed by atoms with Crippen molar-refractivity contribution < 1.29 is 4.74 Å². The summed E-state index contributed by atoms with van der Waals surface area (Å²) in [4.78, 5) is 11.9. The summed E-state index contributed by atoms with van der Waals surface area (Å²) in [7, 11) is 0. The van der Waals surface area contributed by atoms with E-state index in [1.54, 1.807) is 12.4 Å². The van der Waals surface area contributed by atoms with Gasteiger partial charge in [0.25, 0.3) is 0 Å². The first-order valence-corrected chi connectivity index (χ1v) is 6.30. The number of fused-ring (bicyclic) bond motifs is 1. The highest BCUT2D eigenvalue weighted by atomic mass is 16.5. The minimum atomic E-state index is 0.132. The molecule has 0 fully saturated rings. The van der Waals surface area contributed by atoms with Crippen molar-refractivity contribution in [3.8, 4) is 17.1 Å². The fourth-order valence-electron chi connectivity index (χ4n) is 2.00. The van der Waals surface area contributed by atoms with Crippen LogP contribution < -0.4 is 4.74 Å². The fraction of sp³-hybridized carbons (Fsp3) is 0.200. The Morgan fingerprint density at radius 2 is 2.00 bits per heavy atom. The summed E-state index contributed by atoms with van der Waals surface area (Å²) in [6.45, 7) is 4.03. The Kier molecular flexibility index (Phi) is 2.91. The van der Waals surface area contributed by atoms with Crippen LogP contribution in [-0.4, -0.2) is 21.1 Å². The predicted octanol–water partition coefficient (Wildman–Crippen LogP) is 3.41. The molecule has 0 aliphatic rings. The van der Waals surface area contributed by atoms with Crippen molar-refractivity contribution in [3.05, 3.63) is 42.7 Å². The Bertz CT molecular complexity index is 670. The molecule has 0 bridgehead atoms. The van der Waals surface area contributed by atoms with E-state index in [9.17, 15) is 0 Å². The van der Waals surface area contributed by atoms with Crippen LogP contribution in [0.4, 0.5) is 0 Å². The molecule has 4 nitrogen and oxygen atoms in total. The van der Waals surface area contributed by atoms with E-state index in [2.05, 4.69) is 15.0 Å². The van der Waals surface area contributed by atoms with Crippen LogP contribution in [0.2, 0.25) is 0 Å². The third-order valence-corrected chi connectivity index (χ3v) is 2.79. The summed E-state index contributed by atoms with van der Waals surface area (Å²) >= 11 is 0. The van der Waals surface area contributed by atoms with Crippen LogP contribution in [0.15, 0.2) is 42.7 Å². The summed E-state index contributed by atoms with van der Waals surface area (Å²) in [5.74, 6) is 1.64. The van der Waals surface area contributed by atoms with Gasteiger partial charge < -0.3 is 9.72 Å². The molecular weight excluding hydrogens is 238 g/mol. The molecule has 0 spiro atoms. The van der Waals surface area contributed by atoms with Crippen LogP contribution in [0.5, 0.6) is 5.75 Å². The Hall–Kier alpha value is -2.36. The summed E-state index contributed by atoms with van der Waals surface area (Å²) < 4.78 is 5.82. The highest BCUT2D eigenvalue weighted by Gasteiger charge is 2.11. The summed E-state index contributed by atoms with van der Waals surface area (Å²) in [5.41, 5.74) is 2.80. The van der Waals surface area contributed by atoms with E-state index in [0.717, 1.165) is 28.2 Å². The van der Waals surface area contributed by atoms with Gasteiger partial charge in [0.05, 0.1) is 23.4 Å². The first kappa shape index (κ1) is 11.7. The quantitative estimate of drug-likeness (QED) is 0.778. The Morgan fingerprint density at radius 1 is 1.16 bits per heavy atom. The lowest BCUT2D eigenvalue weighted by Gasteiger charge is -2.12. The van der Waals surface area contributed by atoms with E-state index in [4.69, 9.17) is 4.74 Å². The van der Waals surface area contributed by atoms with Crippen molar-refractivity contribution in [1.82, 2.24) is 15.0 Å². The number of aromatic nitrogens is 3. The average Bonchev–Trinajstić information content (AvgIpc) is 2.82. The van der Waals surface area contributed by atoms with Crippen LogP contribution in [0.1, 0.15) is 13.8 Å². The lowest BCUT2D eigenvalue weighted by atomic mass is 10.2. The fourth-order valence-corrected chi connectivity index (χ4v) is 2.00. The molecular formula is C15H15N3O. The van der Waals surface area contributed by atoms with Gasteiger partial charge in [-0.15, -0.1) is 0 Å². The molecule has 3 aromatic rings. The Morgan fingerprint density at radius 3 is 2.79 bits per heavy atom. The molecule has 0 saturated carbocycles. The number of hydrogen-bond donors (Lipinski definition) is 1. The van der Waals surface area contributed by atoms with E-state index >= 15 is 0 Å². The number of pyridine rings is 1. The molecule has 0 amide bonds. The van der Waals surface area contributed by atoms with Gasteiger partial charge in [-0.05, 0) is 32.0 Å². The smallest absolute Gasteiger partial charge is 0.142 e. The topological polar surface area (TPSA) is 50.8 Å². The van der Waals surface area contributed by atoms with Gasteiger partial charge in [0.2, 0.25) is 0 Å². The maximum Gasteiger partial charge on any atom is 0.142 e. The number of H-pyrrole nitrogens is 1. The minimum absolute atomic E-state index is 0.132. The predicted molar refractivity (Wildman–Crippen MR) is 75.1 cm³/mol. The van der Waals surface area contributed by atoms with Crippen molar-refractivity contribution in [2.45, 2.75) is 20.0 Å². The number of hydrogen-bond acceptors (Lipinski definition) is 3. The number of benzene rings is 1. The number of rotatable bonds is 3. The molecule has 2 aromatic heterocycles. The van der Waals surface area contributed by atoms with Gasteiger partial charge in [0, 0.05) is 6.20 Å². The standard InChI is InChI=1S/C15H15N3O/c1-10(2)19-14-6-4-3-5-11(14)15-17-12-7-8-16-9-13(12)18-15/h3-10H,1-2H3,(H,17,18). The van der Waals surface area contributed by atoms with Gasteiger partial charge in [-0.25, -0.2) is 4.98 Å². The first-order chi connectivity index (χ1) is 9.24. The summed E-state index contributed by atoms with van der Waals surface area (Å²) in [6, 6.07) is 9.82. The van der Waals surface area contributed by atoms with E-state index < -0.39 is 0 Å². The highest BCUT2D eigenvalue weighted by Crippen LogP contribution is 2.29. The second-order valence-corrected chi connectivity index (χ2v) is 4.64. The zero-order valence-electron chi connectivity index (χ0n) is 10.9. The molecule has 1 aromatic carbocycles. The van der Waals surface area contributed by atoms with Crippen molar-refractivity contribution >= 4 is 11.0 Å². The lowest BCUT2D eigenvalue weighted by molar-refractivity contribution is 0.243. The second-order valence-electron chi connectivity index (χ2n) is 4.64. The number of nitrogens with zero attached hydrogens (tertiary/aromatic N) is 2. The highest BCUT2D eigenvalue weighted by molar-refractivity contribution is 5.79. The molecule has 3 rings (SSSR count). The van der Waals surface area contributed by atoms with Crippen molar-refractivity contribution in [3.63, 3.8) is 0 Å². The first-order valence-electron chi connectivity index (χ1n) is 6.30. The van der Waals surface area contributed by atoms with Crippen LogP contribution >= 0.6 is 0 Å². The number of para-hydroxylation sites is 1. The van der Waals surface area contributed by atoms with Crippen LogP contribution in [-0.2, 0) is 0 Å². The SMILES string of the molecule is CC(C)Oc1ccccc1-c1nc2cnccc2[nH]1. The van der Waals surface area contributed by atoms with Crippen molar-refractivity contribution in [1.29, 1.82) is 0 Å². The lowest BCUT2D eigenvalue weighted by Crippen LogP contribution is -2.06. The molecule has 0 saturated heterocycles. The average molecular weight is 253 g/mol. The maximum absolute atomic E-state index is 5.82. The Balaban J connectivity index is 2.10. The molecule has 2 heterocycles. The molecule has 0 radical (unpaired) electrons. The third-order valence-electron chi connectivity index (χ3n) is 2.79. The van der Waals surface area contributed by atoms with E-state index in [1.165, 1.54) is 0 Å². The number of nitrogens with one attached hydrogen (secondary N) is 1. The molecule has 19 heavy (non-hydrogen) atoms. The van der Waals surface area contributed by atoms with Crippen molar-refractivity contribution in [2.75, 3.05) is 0 Å². The van der Waals surface area contributed by atoms with Crippen LogP contribution in [0, 0.1) is 0 Å². The molecule has 1 N–H and O–H groups in total. The number of imidazole rings is 1. The summed E-state index contributed by atoms with van der Waals surface area (Å²) in [5, 5.41) is 0. The van der Waals surface area contributed by atoms with Crippen LogP contribution in [0.25, 0.3) is 22.4 Å². The molecule has 0 aliphatic carbocycles. The summed E-state index contributed by atoms with van der Waals surface area (Å²) in [6.07, 6.45) is 3.63. The zero-order chi connectivity index (χ0) is 13.2.